The zero-order valence-electron chi connectivity index (χ0n) is 14.4. The number of carbonyl (C=O) groups is 1. The second-order valence-electron chi connectivity index (χ2n) is 5.88. The molecular formula is C19H15N5O2S. The molecule has 4 rings (SSSR count). The molecule has 0 atom stereocenters. The lowest BCUT2D eigenvalue weighted by Gasteiger charge is -2.08. The van der Waals surface area contributed by atoms with Crippen LogP contribution in [-0.4, -0.2) is 26.0 Å². The molecule has 0 fully saturated rings. The van der Waals surface area contributed by atoms with E-state index in [-0.39, 0.29) is 5.91 Å². The molecule has 1 amide bonds. The Hall–Kier alpha value is -3.39. The molecule has 0 unspecified atom stereocenters. The largest absolute Gasteiger partial charge is 0.339 e. The Morgan fingerprint density at radius 2 is 2.15 bits per heavy atom. The summed E-state index contributed by atoms with van der Waals surface area (Å²) in [6, 6.07) is 9.42. The van der Waals surface area contributed by atoms with Crippen LogP contribution in [0.4, 0.5) is 5.69 Å². The molecule has 27 heavy (non-hydrogen) atoms. The lowest BCUT2D eigenvalue weighted by atomic mass is 10.1. The van der Waals surface area contributed by atoms with Crippen LogP contribution in [0.3, 0.4) is 0 Å². The van der Waals surface area contributed by atoms with Crippen LogP contribution in [-0.2, 0) is 6.42 Å². The Morgan fingerprint density at radius 3 is 2.93 bits per heavy atom. The lowest BCUT2D eigenvalue weighted by Crippen LogP contribution is -2.12. The molecule has 0 radical (unpaired) electrons. The smallest absolute Gasteiger partial charge is 0.265 e. The Morgan fingerprint density at radius 1 is 1.26 bits per heavy atom. The number of carbonyl (C=O) groups excluding carboxylic acids is 1. The van der Waals surface area contributed by atoms with Crippen molar-refractivity contribution in [1.82, 2.24) is 20.1 Å². The maximum absolute atomic E-state index is 12.5. The molecule has 4 aromatic rings. The molecule has 8 heteroatoms. The number of hydrogen-bond donors (Lipinski definition) is 1. The second-order valence-corrected chi connectivity index (χ2v) is 6.79. The van der Waals surface area contributed by atoms with Gasteiger partial charge in [-0.15, -0.1) is 11.3 Å². The predicted molar refractivity (Wildman–Crippen MR) is 102 cm³/mol. The van der Waals surface area contributed by atoms with Gasteiger partial charge in [-0.25, -0.2) is 4.98 Å². The average Bonchev–Trinajstić information content (AvgIpc) is 3.33. The van der Waals surface area contributed by atoms with Crippen LogP contribution in [0.1, 0.15) is 26.7 Å². The molecule has 0 aliphatic rings. The summed E-state index contributed by atoms with van der Waals surface area (Å²) < 4.78 is 5.33. The first-order chi connectivity index (χ1) is 13.2. The number of nitrogens with zero attached hydrogens (tertiary/aromatic N) is 4. The molecule has 1 aromatic carbocycles. The first kappa shape index (κ1) is 17.0. The third-order valence-corrected chi connectivity index (χ3v) is 4.87. The molecule has 134 valence electrons. The summed E-state index contributed by atoms with van der Waals surface area (Å²) in [5.41, 5.74) is 3.21. The van der Waals surface area contributed by atoms with E-state index in [1.165, 1.54) is 11.3 Å². The highest BCUT2D eigenvalue weighted by Crippen LogP contribution is 2.22. The van der Waals surface area contributed by atoms with E-state index >= 15 is 0 Å². The first-order valence-electron chi connectivity index (χ1n) is 8.22. The van der Waals surface area contributed by atoms with E-state index in [1.54, 1.807) is 18.6 Å². The van der Waals surface area contributed by atoms with E-state index in [0.717, 1.165) is 11.1 Å². The SMILES string of the molecule is Cc1csc(C(=O)Nc2ccccc2Cc2nc(-c3cnccn3)no2)c1. The van der Waals surface area contributed by atoms with Crippen molar-refractivity contribution in [3.63, 3.8) is 0 Å². The summed E-state index contributed by atoms with van der Waals surface area (Å²) >= 11 is 1.42. The highest BCUT2D eigenvalue weighted by atomic mass is 32.1. The summed E-state index contributed by atoms with van der Waals surface area (Å²) in [7, 11) is 0. The molecule has 0 aliphatic heterocycles. The van der Waals surface area contributed by atoms with E-state index in [9.17, 15) is 4.79 Å². The molecular weight excluding hydrogens is 362 g/mol. The van der Waals surface area contributed by atoms with Gasteiger partial charge in [-0.2, -0.15) is 4.98 Å². The zero-order valence-corrected chi connectivity index (χ0v) is 15.2. The highest BCUT2D eigenvalue weighted by Gasteiger charge is 2.14. The minimum Gasteiger partial charge on any atom is -0.339 e. The molecule has 0 aliphatic carbocycles. The van der Waals surface area contributed by atoms with Gasteiger partial charge < -0.3 is 9.84 Å². The summed E-state index contributed by atoms with van der Waals surface area (Å²) in [6.45, 7) is 1.96. The Balaban J connectivity index is 1.53. The van der Waals surface area contributed by atoms with Gasteiger partial charge in [0.05, 0.1) is 17.5 Å². The van der Waals surface area contributed by atoms with Crippen molar-refractivity contribution >= 4 is 22.9 Å². The zero-order chi connectivity index (χ0) is 18.6. The number of amides is 1. The average molecular weight is 377 g/mol. The van der Waals surface area contributed by atoms with Gasteiger partial charge in [0.15, 0.2) is 0 Å². The Bertz CT molecular complexity index is 1070. The number of benzene rings is 1. The van der Waals surface area contributed by atoms with Crippen LogP contribution in [0.15, 0.2) is 58.8 Å². The van der Waals surface area contributed by atoms with Gasteiger partial charge in [0.2, 0.25) is 11.7 Å². The van der Waals surface area contributed by atoms with Gasteiger partial charge in [0.25, 0.3) is 5.91 Å². The fraction of sp³-hybridized carbons (Fsp3) is 0.105. The summed E-state index contributed by atoms with van der Waals surface area (Å²) in [5.74, 6) is 0.685. The van der Waals surface area contributed by atoms with Crippen molar-refractivity contribution in [2.45, 2.75) is 13.3 Å². The minimum atomic E-state index is -0.133. The normalized spacial score (nSPS) is 10.7. The van der Waals surface area contributed by atoms with Crippen LogP contribution >= 0.6 is 11.3 Å². The van der Waals surface area contributed by atoms with Crippen molar-refractivity contribution in [2.75, 3.05) is 5.32 Å². The molecule has 7 nitrogen and oxygen atoms in total. The van der Waals surface area contributed by atoms with E-state index in [0.29, 0.717) is 34.4 Å². The number of aryl methyl sites for hydroxylation is 1. The van der Waals surface area contributed by atoms with Crippen molar-refractivity contribution < 1.29 is 9.32 Å². The van der Waals surface area contributed by atoms with Gasteiger partial charge in [0, 0.05) is 18.1 Å². The van der Waals surface area contributed by atoms with Crippen LogP contribution in [0, 0.1) is 6.92 Å². The predicted octanol–water partition coefficient (Wildman–Crippen LogP) is 3.74. The molecule has 0 saturated carbocycles. The Kier molecular flexibility index (Phi) is 4.71. The minimum absolute atomic E-state index is 0.133. The standard InChI is InChI=1S/C19H15N5O2S/c1-12-8-16(27-11-12)19(25)22-14-5-3-2-4-13(14)9-17-23-18(24-26-17)15-10-20-6-7-21-15/h2-8,10-11H,9H2,1H3,(H,22,25). The highest BCUT2D eigenvalue weighted by molar-refractivity contribution is 7.12. The van der Waals surface area contributed by atoms with Crippen LogP contribution in [0.2, 0.25) is 0 Å². The van der Waals surface area contributed by atoms with Crippen LogP contribution < -0.4 is 5.32 Å². The summed E-state index contributed by atoms with van der Waals surface area (Å²) in [5, 5.41) is 8.86. The van der Waals surface area contributed by atoms with E-state index in [1.807, 2.05) is 42.6 Å². The van der Waals surface area contributed by atoms with Crippen molar-refractivity contribution in [1.29, 1.82) is 0 Å². The van der Waals surface area contributed by atoms with Gasteiger partial charge >= 0.3 is 0 Å². The number of anilines is 1. The van der Waals surface area contributed by atoms with Crippen molar-refractivity contribution in [3.05, 3.63) is 76.2 Å². The molecule has 0 saturated heterocycles. The van der Waals surface area contributed by atoms with E-state index < -0.39 is 0 Å². The quantitative estimate of drug-likeness (QED) is 0.569. The number of rotatable bonds is 5. The summed E-state index contributed by atoms with van der Waals surface area (Å²) in [6.07, 6.45) is 5.12. The number of aromatic nitrogens is 4. The van der Waals surface area contributed by atoms with E-state index in [4.69, 9.17) is 4.52 Å². The third-order valence-electron chi connectivity index (χ3n) is 3.82. The molecule has 0 bridgehead atoms. The number of para-hydroxylation sites is 1. The molecule has 0 spiro atoms. The second kappa shape index (κ2) is 7.46. The number of hydrogen-bond acceptors (Lipinski definition) is 7. The first-order valence-corrected chi connectivity index (χ1v) is 9.10. The fourth-order valence-corrected chi connectivity index (χ4v) is 3.33. The van der Waals surface area contributed by atoms with Gasteiger partial charge in [-0.1, -0.05) is 23.4 Å². The molecule has 3 heterocycles. The fourth-order valence-electron chi connectivity index (χ4n) is 2.54. The summed E-state index contributed by atoms with van der Waals surface area (Å²) in [4.78, 5) is 25.7. The van der Waals surface area contributed by atoms with Crippen LogP contribution in [0.25, 0.3) is 11.5 Å². The number of thiophene rings is 1. The van der Waals surface area contributed by atoms with Gasteiger partial charge in [-0.05, 0) is 35.6 Å². The van der Waals surface area contributed by atoms with Gasteiger partial charge in [0.1, 0.15) is 5.69 Å². The maximum Gasteiger partial charge on any atom is 0.265 e. The molecule has 3 aromatic heterocycles. The maximum atomic E-state index is 12.5. The van der Waals surface area contributed by atoms with E-state index in [2.05, 4.69) is 25.4 Å². The third kappa shape index (κ3) is 3.90. The topological polar surface area (TPSA) is 93.8 Å². The Labute approximate surface area is 159 Å². The lowest BCUT2D eigenvalue weighted by molar-refractivity contribution is 0.103. The van der Waals surface area contributed by atoms with Crippen LogP contribution in [0.5, 0.6) is 0 Å². The monoisotopic (exact) mass is 377 g/mol. The van der Waals surface area contributed by atoms with Gasteiger partial charge in [-0.3, -0.25) is 9.78 Å². The van der Waals surface area contributed by atoms with Crippen molar-refractivity contribution in [3.8, 4) is 11.5 Å². The molecule has 1 N–H and O–H groups in total. The van der Waals surface area contributed by atoms with Crippen molar-refractivity contribution in [2.24, 2.45) is 0 Å². The number of nitrogens with one attached hydrogen (secondary N) is 1.